The Morgan fingerprint density at radius 2 is 1.95 bits per heavy atom. The van der Waals surface area contributed by atoms with E-state index in [0.717, 1.165) is 5.56 Å². The third-order valence-electron chi connectivity index (χ3n) is 2.86. The van der Waals surface area contributed by atoms with E-state index in [-0.39, 0.29) is 17.6 Å². The number of amides is 1. The highest BCUT2D eigenvalue weighted by molar-refractivity contribution is 9.10. The molecule has 116 valence electrons. The van der Waals surface area contributed by atoms with Gasteiger partial charge in [-0.25, -0.2) is 9.18 Å². The van der Waals surface area contributed by atoms with Crippen LogP contribution in [0.15, 0.2) is 45.5 Å². The Morgan fingerprint density at radius 3 is 2.55 bits per heavy atom. The summed E-state index contributed by atoms with van der Waals surface area (Å²) in [5.74, 6) is -1.53. The Morgan fingerprint density at radius 1 is 1.27 bits per heavy atom. The molecule has 0 spiro atoms. The standard InChI is InChI=1S/C15H13BrFNO4/c1-9(10-2-4-11(17)5-3-10)18-14(19)8-21-15(20)12-6-7-13(16)22-12/h2-7,9H,8H2,1H3,(H,18,19). The van der Waals surface area contributed by atoms with Crippen LogP contribution in [-0.4, -0.2) is 18.5 Å². The first kappa shape index (κ1) is 16.2. The highest BCUT2D eigenvalue weighted by Crippen LogP contribution is 2.15. The smallest absolute Gasteiger partial charge is 0.374 e. The van der Waals surface area contributed by atoms with Crippen LogP contribution in [0.1, 0.15) is 29.1 Å². The highest BCUT2D eigenvalue weighted by atomic mass is 79.9. The van der Waals surface area contributed by atoms with Gasteiger partial charge in [0.25, 0.3) is 5.91 Å². The summed E-state index contributed by atoms with van der Waals surface area (Å²) in [5, 5.41) is 2.65. The summed E-state index contributed by atoms with van der Waals surface area (Å²) in [5.41, 5.74) is 0.746. The van der Waals surface area contributed by atoms with Gasteiger partial charge in [-0.05, 0) is 52.7 Å². The Kier molecular flexibility index (Phi) is 5.32. The van der Waals surface area contributed by atoms with Gasteiger partial charge in [-0.3, -0.25) is 4.79 Å². The summed E-state index contributed by atoms with van der Waals surface area (Å²) < 4.78 is 23.1. The summed E-state index contributed by atoms with van der Waals surface area (Å²) in [7, 11) is 0. The fourth-order valence-corrected chi connectivity index (χ4v) is 2.05. The summed E-state index contributed by atoms with van der Waals surface area (Å²) in [6.07, 6.45) is 0. The Bertz CT molecular complexity index is 668. The van der Waals surface area contributed by atoms with Gasteiger partial charge < -0.3 is 14.5 Å². The van der Waals surface area contributed by atoms with Crippen molar-refractivity contribution in [1.29, 1.82) is 0 Å². The van der Waals surface area contributed by atoms with E-state index in [9.17, 15) is 14.0 Å². The summed E-state index contributed by atoms with van der Waals surface area (Å²) in [4.78, 5) is 23.3. The molecule has 0 aliphatic heterocycles. The number of benzene rings is 1. The van der Waals surface area contributed by atoms with Crippen molar-refractivity contribution >= 4 is 27.8 Å². The van der Waals surface area contributed by atoms with Crippen LogP contribution in [-0.2, 0) is 9.53 Å². The molecule has 0 aliphatic carbocycles. The first-order valence-corrected chi connectivity index (χ1v) is 7.22. The molecular formula is C15H13BrFNO4. The first-order chi connectivity index (χ1) is 10.5. The van der Waals surface area contributed by atoms with Gasteiger partial charge in [0.15, 0.2) is 11.3 Å². The number of nitrogens with one attached hydrogen (secondary N) is 1. The third-order valence-corrected chi connectivity index (χ3v) is 3.28. The molecule has 0 aliphatic rings. The molecule has 7 heteroatoms. The zero-order valence-electron chi connectivity index (χ0n) is 11.6. The average molecular weight is 370 g/mol. The predicted octanol–water partition coefficient (Wildman–Crippen LogP) is 3.22. The van der Waals surface area contributed by atoms with Crippen molar-refractivity contribution in [2.45, 2.75) is 13.0 Å². The Balaban J connectivity index is 1.82. The maximum Gasteiger partial charge on any atom is 0.374 e. The molecule has 0 bridgehead atoms. The van der Waals surface area contributed by atoms with Gasteiger partial charge in [-0.2, -0.15) is 0 Å². The van der Waals surface area contributed by atoms with Crippen molar-refractivity contribution in [2.24, 2.45) is 0 Å². The molecule has 1 N–H and O–H groups in total. The monoisotopic (exact) mass is 369 g/mol. The van der Waals surface area contributed by atoms with Crippen molar-refractivity contribution < 1.29 is 23.1 Å². The van der Waals surface area contributed by atoms with E-state index < -0.39 is 18.5 Å². The molecule has 1 heterocycles. The molecule has 2 rings (SSSR count). The van der Waals surface area contributed by atoms with Gasteiger partial charge in [0.1, 0.15) is 5.82 Å². The molecule has 0 saturated carbocycles. The van der Waals surface area contributed by atoms with Crippen LogP contribution in [0.3, 0.4) is 0 Å². The zero-order valence-corrected chi connectivity index (χ0v) is 13.2. The Labute approximate surface area is 134 Å². The van der Waals surface area contributed by atoms with E-state index in [1.807, 2.05) is 0 Å². The molecule has 5 nitrogen and oxygen atoms in total. The molecule has 1 atom stereocenters. The van der Waals surface area contributed by atoms with Crippen LogP contribution in [0.25, 0.3) is 0 Å². The lowest BCUT2D eigenvalue weighted by Crippen LogP contribution is -2.31. The topological polar surface area (TPSA) is 68.5 Å². The molecule has 0 radical (unpaired) electrons. The maximum absolute atomic E-state index is 12.8. The van der Waals surface area contributed by atoms with Crippen LogP contribution in [0.5, 0.6) is 0 Å². The lowest BCUT2D eigenvalue weighted by molar-refractivity contribution is -0.124. The molecule has 1 aromatic carbocycles. The van der Waals surface area contributed by atoms with Crippen molar-refractivity contribution in [3.05, 3.63) is 58.2 Å². The molecule has 0 saturated heterocycles. The lowest BCUT2D eigenvalue weighted by Gasteiger charge is -2.14. The van der Waals surface area contributed by atoms with Gasteiger partial charge >= 0.3 is 5.97 Å². The van der Waals surface area contributed by atoms with Gasteiger partial charge in [0.2, 0.25) is 5.76 Å². The number of halogens is 2. The number of hydrogen-bond donors (Lipinski definition) is 1. The largest absolute Gasteiger partial charge is 0.450 e. The number of carbonyl (C=O) groups excluding carboxylic acids is 2. The fourth-order valence-electron chi connectivity index (χ4n) is 1.74. The number of hydrogen-bond acceptors (Lipinski definition) is 4. The molecule has 2 aromatic rings. The second-order valence-electron chi connectivity index (χ2n) is 4.52. The number of esters is 1. The minimum absolute atomic E-state index is 0.00579. The summed E-state index contributed by atoms with van der Waals surface area (Å²) in [6, 6.07) is 8.43. The number of rotatable bonds is 5. The molecule has 1 aromatic heterocycles. The van der Waals surface area contributed by atoms with E-state index in [2.05, 4.69) is 21.2 Å². The van der Waals surface area contributed by atoms with E-state index in [0.29, 0.717) is 4.67 Å². The van der Waals surface area contributed by atoms with E-state index in [1.165, 1.54) is 18.2 Å². The zero-order chi connectivity index (χ0) is 16.1. The van der Waals surface area contributed by atoms with Gasteiger partial charge in [0, 0.05) is 0 Å². The maximum atomic E-state index is 12.8. The van der Waals surface area contributed by atoms with Crippen molar-refractivity contribution in [2.75, 3.05) is 6.61 Å². The minimum Gasteiger partial charge on any atom is -0.450 e. The SMILES string of the molecule is CC(NC(=O)COC(=O)c1ccc(Br)o1)c1ccc(F)cc1. The third kappa shape index (κ3) is 4.42. The molecule has 1 amide bonds. The number of furan rings is 1. The van der Waals surface area contributed by atoms with Gasteiger partial charge in [0.05, 0.1) is 6.04 Å². The number of carbonyl (C=O) groups is 2. The van der Waals surface area contributed by atoms with E-state index in [1.54, 1.807) is 25.1 Å². The summed E-state index contributed by atoms with van der Waals surface area (Å²) >= 11 is 3.06. The average Bonchev–Trinajstić information content (AvgIpc) is 2.92. The van der Waals surface area contributed by atoms with Gasteiger partial charge in [-0.1, -0.05) is 12.1 Å². The van der Waals surface area contributed by atoms with E-state index >= 15 is 0 Å². The highest BCUT2D eigenvalue weighted by Gasteiger charge is 2.15. The fraction of sp³-hybridized carbons (Fsp3) is 0.200. The van der Waals surface area contributed by atoms with Crippen LogP contribution in [0, 0.1) is 5.82 Å². The van der Waals surface area contributed by atoms with Crippen molar-refractivity contribution in [3.8, 4) is 0 Å². The minimum atomic E-state index is -0.727. The van der Waals surface area contributed by atoms with E-state index in [4.69, 9.17) is 9.15 Å². The molecule has 1 unspecified atom stereocenters. The Hall–Kier alpha value is -2.15. The first-order valence-electron chi connectivity index (χ1n) is 6.43. The normalized spacial score (nSPS) is 11.8. The molecule has 0 fully saturated rings. The van der Waals surface area contributed by atoms with Crippen LogP contribution >= 0.6 is 15.9 Å². The quantitative estimate of drug-likeness (QED) is 0.821. The predicted molar refractivity (Wildman–Crippen MR) is 79.6 cm³/mol. The summed E-state index contributed by atoms with van der Waals surface area (Å²) in [6.45, 7) is 1.32. The van der Waals surface area contributed by atoms with Crippen LogP contribution < -0.4 is 5.32 Å². The molecule has 22 heavy (non-hydrogen) atoms. The lowest BCUT2D eigenvalue weighted by atomic mass is 10.1. The van der Waals surface area contributed by atoms with Crippen LogP contribution in [0.4, 0.5) is 4.39 Å². The van der Waals surface area contributed by atoms with Crippen LogP contribution in [0.2, 0.25) is 0 Å². The number of ether oxygens (including phenoxy) is 1. The van der Waals surface area contributed by atoms with Gasteiger partial charge in [-0.15, -0.1) is 0 Å². The van der Waals surface area contributed by atoms with Crippen molar-refractivity contribution in [3.63, 3.8) is 0 Å². The second kappa shape index (κ2) is 7.22. The second-order valence-corrected chi connectivity index (χ2v) is 5.30. The van der Waals surface area contributed by atoms with Crippen molar-refractivity contribution in [1.82, 2.24) is 5.32 Å². The molecular weight excluding hydrogens is 357 g/mol.